The summed E-state index contributed by atoms with van der Waals surface area (Å²) in [4.78, 5) is 12.2. The highest BCUT2D eigenvalue weighted by molar-refractivity contribution is 7.90. The molecule has 142 valence electrons. The first kappa shape index (κ1) is 18.0. The lowest BCUT2D eigenvalue weighted by atomic mass is 10.0. The molecule has 0 radical (unpaired) electrons. The third-order valence-electron chi connectivity index (χ3n) is 5.12. The molecule has 2 aromatic rings. The van der Waals surface area contributed by atoms with E-state index in [1.807, 2.05) is 18.2 Å². The van der Waals surface area contributed by atoms with Crippen molar-refractivity contribution in [2.75, 3.05) is 12.8 Å². The van der Waals surface area contributed by atoms with Gasteiger partial charge >= 0.3 is 0 Å². The van der Waals surface area contributed by atoms with Crippen molar-refractivity contribution < 1.29 is 17.9 Å². The number of carbonyl (C=O) groups excluding carboxylic acids is 1. The van der Waals surface area contributed by atoms with E-state index in [0.29, 0.717) is 23.8 Å². The first-order valence-electron chi connectivity index (χ1n) is 9.26. The Balaban J connectivity index is 1.47. The topological polar surface area (TPSA) is 72.5 Å². The summed E-state index contributed by atoms with van der Waals surface area (Å²) in [5.41, 5.74) is 2.97. The number of rotatable bonds is 6. The minimum atomic E-state index is -3.21. The Bertz CT molecular complexity index is 962. The molecule has 1 N–H and O–H groups in total. The molecule has 1 fully saturated rings. The number of hydrogen-bond acceptors (Lipinski definition) is 4. The van der Waals surface area contributed by atoms with Gasteiger partial charge in [0.2, 0.25) is 5.91 Å². The molecular formula is C21H23NO4S. The Morgan fingerprint density at radius 3 is 2.56 bits per heavy atom. The second-order valence-electron chi connectivity index (χ2n) is 7.49. The van der Waals surface area contributed by atoms with Crippen molar-refractivity contribution in [2.24, 2.45) is 5.92 Å². The third-order valence-corrected chi connectivity index (χ3v) is 6.25. The molecular weight excluding hydrogens is 362 g/mol. The molecule has 1 saturated carbocycles. The van der Waals surface area contributed by atoms with E-state index in [-0.39, 0.29) is 12.0 Å². The van der Waals surface area contributed by atoms with Gasteiger partial charge in [-0.15, -0.1) is 0 Å². The van der Waals surface area contributed by atoms with Crippen LogP contribution in [-0.4, -0.2) is 33.2 Å². The molecule has 1 aliphatic heterocycles. The highest BCUT2D eigenvalue weighted by Gasteiger charge is 2.28. The van der Waals surface area contributed by atoms with E-state index >= 15 is 0 Å². The number of nitrogens with one attached hydrogen (secondary N) is 1. The maximum Gasteiger partial charge on any atom is 0.220 e. The number of benzene rings is 2. The van der Waals surface area contributed by atoms with Crippen LogP contribution in [0.1, 0.15) is 24.8 Å². The van der Waals surface area contributed by atoms with Crippen LogP contribution in [0.5, 0.6) is 5.75 Å². The van der Waals surface area contributed by atoms with Crippen molar-refractivity contribution in [3.8, 4) is 16.9 Å². The van der Waals surface area contributed by atoms with Crippen LogP contribution in [0.3, 0.4) is 0 Å². The van der Waals surface area contributed by atoms with Crippen LogP contribution in [0.4, 0.5) is 0 Å². The Morgan fingerprint density at radius 2 is 1.89 bits per heavy atom. The van der Waals surface area contributed by atoms with E-state index in [1.54, 1.807) is 24.3 Å². The number of para-hydroxylation sites is 1. The Hall–Kier alpha value is -2.34. The highest BCUT2D eigenvalue weighted by atomic mass is 32.2. The van der Waals surface area contributed by atoms with E-state index in [1.165, 1.54) is 19.1 Å². The molecule has 4 rings (SSSR count). The van der Waals surface area contributed by atoms with Crippen molar-refractivity contribution in [1.29, 1.82) is 0 Å². The fourth-order valence-corrected chi connectivity index (χ4v) is 4.08. The Labute approximate surface area is 159 Å². The van der Waals surface area contributed by atoms with Crippen molar-refractivity contribution in [2.45, 2.75) is 36.7 Å². The van der Waals surface area contributed by atoms with Crippen LogP contribution >= 0.6 is 0 Å². The zero-order chi connectivity index (χ0) is 19.0. The minimum Gasteiger partial charge on any atom is -0.487 e. The zero-order valence-electron chi connectivity index (χ0n) is 15.3. The fourth-order valence-electron chi connectivity index (χ4n) is 3.45. The Morgan fingerprint density at radius 1 is 1.15 bits per heavy atom. The predicted octanol–water partition coefficient (Wildman–Crippen LogP) is 2.98. The van der Waals surface area contributed by atoms with Gasteiger partial charge in [0, 0.05) is 24.7 Å². The predicted molar refractivity (Wildman–Crippen MR) is 103 cm³/mol. The monoisotopic (exact) mass is 385 g/mol. The lowest BCUT2D eigenvalue weighted by Gasteiger charge is -2.14. The molecule has 2 aromatic carbocycles. The maximum absolute atomic E-state index is 11.9. The van der Waals surface area contributed by atoms with Gasteiger partial charge in [0.1, 0.15) is 11.9 Å². The number of fused-ring (bicyclic) bond motifs is 1. The molecule has 1 amide bonds. The van der Waals surface area contributed by atoms with Gasteiger partial charge < -0.3 is 10.1 Å². The molecule has 5 nitrogen and oxygen atoms in total. The molecule has 1 heterocycles. The summed E-state index contributed by atoms with van der Waals surface area (Å²) in [7, 11) is -3.21. The summed E-state index contributed by atoms with van der Waals surface area (Å²) in [6.07, 6.45) is 4.85. The summed E-state index contributed by atoms with van der Waals surface area (Å²) >= 11 is 0. The van der Waals surface area contributed by atoms with Gasteiger partial charge in [-0.25, -0.2) is 8.42 Å². The molecule has 0 bridgehead atoms. The van der Waals surface area contributed by atoms with Gasteiger partial charge in [-0.2, -0.15) is 0 Å². The van der Waals surface area contributed by atoms with Crippen LogP contribution in [0.25, 0.3) is 11.1 Å². The van der Waals surface area contributed by atoms with E-state index in [0.717, 1.165) is 28.9 Å². The molecule has 1 unspecified atom stereocenters. The van der Waals surface area contributed by atoms with Crippen LogP contribution in [-0.2, 0) is 21.1 Å². The van der Waals surface area contributed by atoms with E-state index in [9.17, 15) is 13.2 Å². The first-order chi connectivity index (χ1) is 12.9. The molecule has 2 aliphatic rings. The Kier molecular flexibility index (Phi) is 4.68. The second kappa shape index (κ2) is 7.00. The third kappa shape index (κ3) is 4.16. The number of sulfone groups is 1. The van der Waals surface area contributed by atoms with Crippen LogP contribution < -0.4 is 10.1 Å². The number of carbonyl (C=O) groups is 1. The van der Waals surface area contributed by atoms with Gasteiger partial charge in [0.15, 0.2) is 9.84 Å². The minimum absolute atomic E-state index is 0.0698. The number of amides is 1. The lowest BCUT2D eigenvalue weighted by molar-refractivity contribution is -0.121. The number of hydrogen-bond donors (Lipinski definition) is 1. The smallest absolute Gasteiger partial charge is 0.220 e. The van der Waals surface area contributed by atoms with Crippen molar-refractivity contribution in [1.82, 2.24) is 5.32 Å². The summed E-state index contributed by atoms with van der Waals surface area (Å²) in [5.74, 6) is 1.51. The van der Waals surface area contributed by atoms with Crippen LogP contribution in [0, 0.1) is 5.92 Å². The average Bonchev–Trinajstić information content (AvgIpc) is 3.34. The molecule has 6 heteroatoms. The summed E-state index contributed by atoms with van der Waals surface area (Å²) in [6.45, 7) is 0.507. The van der Waals surface area contributed by atoms with E-state index in [2.05, 4.69) is 5.32 Å². The molecule has 27 heavy (non-hydrogen) atoms. The van der Waals surface area contributed by atoms with Gasteiger partial charge in [-0.3, -0.25) is 4.79 Å². The fraction of sp³-hybridized carbons (Fsp3) is 0.381. The van der Waals surface area contributed by atoms with Gasteiger partial charge in [0.25, 0.3) is 0 Å². The van der Waals surface area contributed by atoms with Gasteiger partial charge in [0.05, 0.1) is 11.4 Å². The molecule has 0 aromatic heterocycles. The first-order valence-corrected chi connectivity index (χ1v) is 11.1. The molecule has 0 spiro atoms. The second-order valence-corrected chi connectivity index (χ2v) is 9.50. The molecule has 1 aliphatic carbocycles. The zero-order valence-corrected chi connectivity index (χ0v) is 16.1. The lowest BCUT2D eigenvalue weighted by Crippen LogP contribution is -2.34. The quantitative estimate of drug-likeness (QED) is 0.830. The highest BCUT2D eigenvalue weighted by Crippen LogP contribution is 2.39. The largest absolute Gasteiger partial charge is 0.487 e. The summed E-state index contributed by atoms with van der Waals surface area (Å²) in [6, 6.07) is 12.8. The molecule has 0 saturated heterocycles. The maximum atomic E-state index is 11.9. The summed E-state index contributed by atoms with van der Waals surface area (Å²) in [5, 5.41) is 2.98. The van der Waals surface area contributed by atoms with Crippen LogP contribution in [0.15, 0.2) is 47.4 Å². The summed E-state index contributed by atoms with van der Waals surface area (Å²) < 4.78 is 29.4. The van der Waals surface area contributed by atoms with E-state index in [4.69, 9.17) is 4.74 Å². The molecule has 1 atom stereocenters. The van der Waals surface area contributed by atoms with Gasteiger partial charge in [-0.05, 0) is 42.0 Å². The van der Waals surface area contributed by atoms with Crippen molar-refractivity contribution in [3.05, 3.63) is 48.0 Å². The van der Waals surface area contributed by atoms with E-state index < -0.39 is 9.84 Å². The standard InChI is InChI=1S/C21H23NO4S/c1-27(24,25)18-9-7-15(8-10-18)19-4-2-3-16-12-17(26-21(16)19)13-22-20(23)11-14-5-6-14/h2-4,7-10,14,17H,5-6,11-13H2,1H3,(H,22,23). The van der Waals surface area contributed by atoms with Gasteiger partial charge in [-0.1, -0.05) is 30.3 Å². The normalized spacial score (nSPS) is 18.6. The average molecular weight is 385 g/mol. The van der Waals surface area contributed by atoms with Crippen LogP contribution in [0.2, 0.25) is 0 Å². The SMILES string of the molecule is CS(=O)(=O)c1ccc(-c2cccc3c2OC(CNC(=O)CC2CC2)C3)cc1. The van der Waals surface area contributed by atoms with Crippen molar-refractivity contribution >= 4 is 15.7 Å². The number of ether oxygens (including phenoxy) is 1. The van der Waals surface area contributed by atoms with Crippen molar-refractivity contribution in [3.63, 3.8) is 0 Å².